The van der Waals surface area contributed by atoms with E-state index in [-0.39, 0.29) is 11.8 Å². The van der Waals surface area contributed by atoms with Crippen LogP contribution in [0.5, 0.6) is 11.6 Å². The van der Waals surface area contributed by atoms with E-state index in [4.69, 9.17) is 22.1 Å². The minimum Gasteiger partial charge on any atom is -0.437 e. The Hall–Kier alpha value is -1.81. The Balaban J connectivity index is 2.28. The van der Waals surface area contributed by atoms with Crippen LogP contribution in [0.25, 0.3) is 0 Å². The summed E-state index contributed by atoms with van der Waals surface area (Å²) in [6.07, 6.45) is 1.40. The maximum atomic E-state index is 5.84. The number of ether oxygens (including phenoxy) is 1. The monoisotopic (exact) mass is 221 g/mol. The highest BCUT2D eigenvalue weighted by Crippen LogP contribution is 2.26. The van der Waals surface area contributed by atoms with Crippen LogP contribution in [0.3, 0.4) is 0 Å². The van der Waals surface area contributed by atoms with Crippen LogP contribution in [-0.4, -0.2) is 9.97 Å². The molecule has 4 nitrogen and oxygen atoms in total. The summed E-state index contributed by atoms with van der Waals surface area (Å²) in [7, 11) is 0. The quantitative estimate of drug-likeness (QED) is 0.847. The fourth-order valence-corrected chi connectivity index (χ4v) is 1.17. The predicted octanol–water partition coefficient (Wildman–Crippen LogP) is 2.50. The largest absolute Gasteiger partial charge is 0.437 e. The topological polar surface area (TPSA) is 61.0 Å². The summed E-state index contributed by atoms with van der Waals surface area (Å²) in [6.45, 7) is 0. The van der Waals surface area contributed by atoms with E-state index >= 15 is 0 Å². The third-order valence-corrected chi connectivity index (χ3v) is 1.95. The molecule has 0 aliphatic carbocycles. The zero-order valence-corrected chi connectivity index (χ0v) is 8.48. The van der Waals surface area contributed by atoms with E-state index in [2.05, 4.69) is 9.97 Å². The summed E-state index contributed by atoms with van der Waals surface area (Å²) in [5, 5.41) is 0.327. The second-order valence-corrected chi connectivity index (χ2v) is 3.20. The summed E-state index contributed by atoms with van der Waals surface area (Å²) >= 11 is 5.84. The van der Waals surface area contributed by atoms with E-state index in [0.717, 1.165) is 0 Å². The molecule has 0 radical (unpaired) electrons. The first kappa shape index (κ1) is 9.73. The van der Waals surface area contributed by atoms with Gasteiger partial charge in [0.15, 0.2) is 0 Å². The number of nitrogens with two attached hydrogens (primary N) is 1. The Kier molecular flexibility index (Phi) is 2.69. The number of rotatable bonds is 2. The highest BCUT2D eigenvalue weighted by atomic mass is 35.5. The van der Waals surface area contributed by atoms with E-state index in [1.54, 1.807) is 12.1 Å². The molecule has 0 bridgehead atoms. The average molecular weight is 222 g/mol. The summed E-state index contributed by atoms with van der Waals surface area (Å²) in [4.78, 5) is 7.62. The number of nitrogens with zero attached hydrogens (tertiary/aromatic N) is 2. The van der Waals surface area contributed by atoms with Gasteiger partial charge in [0.05, 0.1) is 6.20 Å². The maximum absolute atomic E-state index is 5.84. The summed E-state index contributed by atoms with van der Waals surface area (Å²) < 4.78 is 5.43. The third-order valence-electron chi connectivity index (χ3n) is 1.69. The molecule has 0 aliphatic rings. The fourth-order valence-electron chi connectivity index (χ4n) is 1.04. The van der Waals surface area contributed by atoms with Crippen molar-refractivity contribution >= 4 is 17.5 Å². The van der Waals surface area contributed by atoms with E-state index in [9.17, 15) is 0 Å². The lowest BCUT2D eigenvalue weighted by atomic mass is 10.3. The fraction of sp³-hybridized carbons (Fsp3) is 0. The molecule has 1 aromatic carbocycles. The van der Waals surface area contributed by atoms with Crippen molar-refractivity contribution in [1.82, 2.24) is 9.97 Å². The minimum absolute atomic E-state index is 0.130. The van der Waals surface area contributed by atoms with Gasteiger partial charge in [0.2, 0.25) is 11.8 Å². The van der Waals surface area contributed by atoms with Gasteiger partial charge in [-0.3, -0.25) is 0 Å². The molecule has 2 N–H and O–H groups in total. The Morgan fingerprint density at radius 3 is 2.67 bits per heavy atom. The first-order chi connectivity index (χ1) is 7.25. The Labute approximate surface area is 91.7 Å². The molecule has 2 rings (SSSR count). The molecule has 76 valence electrons. The zero-order valence-electron chi connectivity index (χ0n) is 7.72. The first-order valence-corrected chi connectivity index (χ1v) is 4.64. The van der Waals surface area contributed by atoms with Crippen molar-refractivity contribution in [2.45, 2.75) is 0 Å². The molecule has 0 saturated carbocycles. The summed E-state index contributed by atoms with van der Waals surface area (Å²) in [6, 6.07) is 9.20. The number of hydrogen-bond acceptors (Lipinski definition) is 4. The SMILES string of the molecule is Nc1ncc(Cl)c(Oc2ccccc2)n1. The molecule has 0 saturated heterocycles. The van der Waals surface area contributed by atoms with Crippen LogP contribution in [0.1, 0.15) is 0 Å². The van der Waals surface area contributed by atoms with Gasteiger partial charge in [-0.05, 0) is 12.1 Å². The molecule has 1 aromatic heterocycles. The van der Waals surface area contributed by atoms with Gasteiger partial charge in [-0.2, -0.15) is 4.98 Å². The highest BCUT2D eigenvalue weighted by molar-refractivity contribution is 6.31. The van der Waals surface area contributed by atoms with Crippen molar-refractivity contribution in [2.24, 2.45) is 0 Å². The van der Waals surface area contributed by atoms with Gasteiger partial charge in [-0.1, -0.05) is 29.8 Å². The lowest BCUT2D eigenvalue weighted by molar-refractivity contribution is 0.463. The molecule has 1 heterocycles. The van der Waals surface area contributed by atoms with E-state index in [1.165, 1.54) is 6.20 Å². The molecular weight excluding hydrogens is 214 g/mol. The van der Waals surface area contributed by atoms with Crippen molar-refractivity contribution in [3.63, 3.8) is 0 Å². The van der Waals surface area contributed by atoms with E-state index < -0.39 is 0 Å². The van der Waals surface area contributed by atoms with Gasteiger partial charge in [0, 0.05) is 0 Å². The number of hydrogen-bond donors (Lipinski definition) is 1. The van der Waals surface area contributed by atoms with Crippen LogP contribution in [0.4, 0.5) is 5.95 Å². The lowest BCUT2D eigenvalue weighted by Gasteiger charge is -2.05. The van der Waals surface area contributed by atoms with Crippen LogP contribution in [0.15, 0.2) is 36.5 Å². The molecule has 0 spiro atoms. The van der Waals surface area contributed by atoms with Crippen LogP contribution in [-0.2, 0) is 0 Å². The molecule has 15 heavy (non-hydrogen) atoms. The summed E-state index contributed by atoms with van der Waals surface area (Å²) in [5.41, 5.74) is 5.42. The highest BCUT2D eigenvalue weighted by Gasteiger charge is 2.05. The van der Waals surface area contributed by atoms with E-state index in [0.29, 0.717) is 10.8 Å². The van der Waals surface area contributed by atoms with Crippen molar-refractivity contribution in [3.05, 3.63) is 41.6 Å². The molecule has 2 aromatic rings. The minimum atomic E-state index is 0.130. The number of halogens is 1. The standard InChI is InChI=1S/C10H8ClN3O/c11-8-6-13-10(12)14-9(8)15-7-4-2-1-3-5-7/h1-6H,(H2,12,13,14). The normalized spacial score (nSPS) is 9.93. The van der Waals surface area contributed by atoms with Gasteiger partial charge in [-0.15, -0.1) is 0 Å². The van der Waals surface area contributed by atoms with Crippen molar-refractivity contribution < 1.29 is 4.74 Å². The molecular formula is C10H8ClN3O. The van der Waals surface area contributed by atoms with Crippen LogP contribution >= 0.6 is 11.6 Å². The average Bonchev–Trinajstić information content (AvgIpc) is 2.25. The van der Waals surface area contributed by atoms with Crippen molar-refractivity contribution in [1.29, 1.82) is 0 Å². The molecule has 0 aliphatic heterocycles. The van der Waals surface area contributed by atoms with Crippen LogP contribution in [0, 0.1) is 0 Å². The van der Waals surface area contributed by atoms with Crippen molar-refractivity contribution in [2.75, 3.05) is 5.73 Å². The molecule has 0 unspecified atom stereocenters. The van der Waals surface area contributed by atoms with Crippen LogP contribution < -0.4 is 10.5 Å². The Bertz CT molecular complexity index is 461. The number of anilines is 1. The van der Waals surface area contributed by atoms with E-state index in [1.807, 2.05) is 18.2 Å². The number of nitrogen functional groups attached to an aromatic ring is 1. The van der Waals surface area contributed by atoms with Gasteiger partial charge in [0.25, 0.3) is 0 Å². The first-order valence-electron chi connectivity index (χ1n) is 4.26. The molecule has 0 amide bonds. The van der Waals surface area contributed by atoms with Gasteiger partial charge in [0.1, 0.15) is 10.8 Å². The summed E-state index contributed by atoms with van der Waals surface area (Å²) in [5.74, 6) is 1.04. The van der Waals surface area contributed by atoms with Crippen LogP contribution in [0.2, 0.25) is 5.02 Å². The Morgan fingerprint density at radius 1 is 1.20 bits per heavy atom. The maximum Gasteiger partial charge on any atom is 0.243 e. The number of para-hydroxylation sites is 1. The molecule has 0 fully saturated rings. The number of benzene rings is 1. The predicted molar refractivity (Wildman–Crippen MR) is 58.0 cm³/mol. The van der Waals surface area contributed by atoms with Gasteiger partial charge >= 0.3 is 0 Å². The van der Waals surface area contributed by atoms with Gasteiger partial charge < -0.3 is 10.5 Å². The van der Waals surface area contributed by atoms with Crippen molar-refractivity contribution in [3.8, 4) is 11.6 Å². The molecule has 0 atom stereocenters. The second kappa shape index (κ2) is 4.14. The smallest absolute Gasteiger partial charge is 0.243 e. The van der Waals surface area contributed by atoms with Gasteiger partial charge in [-0.25, -0.2) is 4.98 Å². The number of aromatic nitrogens is 2. The lowest BCUT2D eigenvalue weighted by Crippen LogP contribution is -1.97. The zero-order chi connectivity index (χ0) is 10.7. The second-order valence-electron chi connectivity index (χ2n) is 2.80. The third kappa shape index (κ3) is 2.35. The molecule has 5 heteroatoms. The Morgan fingerprint density at radius 2 is 1.93 bits per heavy atom.